The number of benzene rings is 2. The smallest absolute Gasteiger partial charge is 0.261 e. The van der Waals surface area contributed by atoms with Crippen LogP contribution in [0.1, 0.15) is 0 Å². The third kappa shape index (κ3) is 3.45. The first-order valence-corrected chi connectivity index (χ1v) is 8.95. The Morgan fingerprint density at radius 2 is 1.79 bits per heavy atom. The van der Waals surface area contributed by atoms with E-state index in [2.05, 4.69) is 4.98 Å². The number of nitrogens with zero attached hydrogens (tertiary/aromatic N) is 4. The standard InChI is InChI=1S/C20H18F2N4O2/c21-14-5-6-17-15(11-14)20(28)26(13-23-17)12-19(27)25-9-7-24(8-10-25)18-4-2-1-3-16(18)22/h1-6,11,13H,7-10,12H2. The predicted molar refractivity (Wildman–Crippen MR) is 101 cm³/mol. The molecule has 28 heavy (non-hydrogen) atoms. The first-order valence-electron chi connectivity index (χ1n) is 8.95. The van der Waals surface area contributed by atoms with Crippen LogP contribution >= 0.6 is 0 Å². The number of halogens is 2. The maximum atomic E-state index is 13.9. The molecule has 0 bridgehead atoms. The molecule has 3 aromatic rings. The monoisotopic (exact) mass is 384 g/mol. The Labute approximate surface area is 159 Å². The third-order valence-electron chi connectivity index (χ3n) is 4.92. The molecule has 1 amide bonds. The van der Waals surface area contributed by atoms with Crippen LogP contribution in [-0.2, 0) is 11.3 Å². The van der Waals surface area contributed by atoms with Crippen molar-refractivity contribution in [2.75, 3.05) is 31.1 Å². The minimum Gasteiger partial charge on any atom is -0.366 e. The van der Waals surface area contributed by atoms with Crippen LogP contribution in [0.2, 0.25) is 0 Å². The van der Waals surface area contributed by atoms with Crippen molar-refractivity contribution in [3.05, 3.63) is 70.8 Å². The van der Waals surface area contributed by atoms with E-state index >= 15 is 0 Å². The molecule has 2 heterocycles. The molecule has 0 unspecified atom stereocenters. The van der Waals surface area contributed by atoms with Crippen molar-refractivity contribution in [3.63, 3.8) is 0 Å². The zero-order valence-corrected chi connectivity index (χ0v) is 15.0. The molecule has 1 aliphatic rings. The molecule has 1 aliphatic heterocycles. The fourth-order valence-electron chi connectivity index (χ4n) is 3.39. The second-order valence-electron chi connectivity index (χ2n) is 6.66. The van der Waals surface area contributed by atoms with E-state index in [-0.39, 0.29) is 23.7 Å². The summed E-state index contributed by atoms with van der Waals surface area (Å²) in [6, 6.07) is 10.3. The summed E-state index contributed by atoms with van der Waals surface area (Å²) in [5, 5.41) is 0.139. The van der Waals surface area contributed by atoms with Crippen LogP contribution in [0, 0.1) is 11.6 Å². The van der Waals surface area contributed by atoms with Gasteiger partial charge < -0.3 is 9.80 Å². The predicted octanol–water partition coefficient (Wildman–Crippen LogP) is 2.02. The van der Waals surface area contributed by atoms with Crippen LogP contribution in [0.3, 0.4) is 0 Å². The zero-order chi connectivity index (χ0) is 19.7. The summed E-state index contributed by atoms with van der Waals surface area (Å²) < 4.78 is 28.5. The normalized spacial score (nSPS) is 14.5. The minimum atomic E-state index is -0.528. The number of carbonyl (C=O) groups is 1. The first-order chi connectivity index (χ1) is 13.5. The molecule has 0 saturated carbocycles. The Morgan fingerprint density at radius 3 is 2.54 bits per heavy atom. The number of amides is 1. The molecule has 0 atom stereocenters. The van der Waals surface area contributed by atoms with Crippen molar-refractivity contribution in [3.8, 4) is 0 Å². The highest BCUT2D eigenvalue weighted by Crippen LogP contribution is 2.20. The Bertz CT molecular complexity index is 1090. The van der Waals surface area contributed by atoms with Gasteiger partial charge in [-0.15, -0.1) is 0 Å². The lowest BCUT2D eigenvalue weighted by Crippen LogP contribution is -2.50. The van der Waals surface area contributed by atoms with Gasteiger partial charge in [0.25, 0.3) is 5.56 Å². The zero-order valence-electron chi connectivity index (χ0n) is 15.0. The molecule has 8 heteroatoms. The molecule has 0 aliphatic carbocycles. The summed E-state index contributed by atoms with van der Waals surface area (Å²) in [6.07, 6.45) is 1.30. The van der Waals surface area contributed by atoms with Crippen LogP contribution in [-0.4, -0.2) is 46.5 Å². The molecule has 4 rings (SSSR count). The number of fused-ring (bicyclic) bond motifs is 1. The van der Waals surface area contributed by atoms with Crippen LogP contribution in [0.4, 0.5) is 14.5 Å². The van der Waals surface area contributed by atoms with Crippen LogP contribution in [0.5, 0.6) is 0 Å². The van der Waals surface area contributed by atoms with Gasteiger partial charge in [0.15, 0.2) is 0 Å². The average molecular weight is 384 g/mol. The van der Waals surface area contributed by atoms with Crippen molar-refractivity contribution >= 4 is 22.5 Å². The molecule has 1 fully saturated rings. The van der Waals surface area contributed by atoms with Crippen LogP contribution < -0.4 is 10.5 Å². The number of aromatic nitrogens is 2. The summed E-state index contributed by atoms with van der Waals surface area (Å²) in [7, 11) is 0. The number of piperazine rings is 1. The number of rotatable bonds is 3. The molecule has 0 radical (unpaired) electrons. The second kappa shape index (κ2) is 7.38. The van der Waals surface area contributed by atoms with Gasteiger partial charge in [-0.3, -0.25) is 14.2 Å². The number of hydrogen-bond donors (Lipinski definition) is 0. The Hall–Kier alpha value is -3.29. The van der Waals surface area contributed by atoms with Crippen molar-refractivity contribution in [2.45, 2.75) is 6.54 Å². The van der Waals surface area contributed by atoms with Crippen molar-refractivity contribution in [2.24, 2.45) is 0 Å². The highest BCUT2D eigenvalue weighted by Gasteiger charge is 2.23. The lowest BCUT2D eigenvalue weighted by Gasteiger charge is -2.36. The van der Waals surface area contributed by atoms with E-state index in [9.17, 15) is 18.4 Å². The Kier molecular flexibility index (Phi) is 4.77. The summed E-state index contributed by atoms with van der Waals surface area (Å²) in [5.74, 6) is -1.05. The summed E-state index contributed by atoms with van der Waals surface area (Å²) in [4.78, 5) is 32.8. The van der Waals surface area contributed by atoms with E-state index in [0.29, 0.717) is 37.4 Å². The maximum absolute atomic E-state index is 13.9. The van der Waals surface area contributed by atoms with Gasteiger partial charge in [0.2, 0.25) is 5.91 Å². The molecule has 1 aromatic heterocycles. The van der Waals surface area contributed by atoms with Gasteiger partial charge in [0.05, 0.1) is 22.9 Å². The van der Waals surface area contributed by atoms with E-state index < -0.39 is 11.4 Å². The Morgan fingerprint density at radius 1 is 1.04 bits per heavy atom. The Balaban J connectivity index is 1.45. The largest absolute Gasteiger partial charge is 0.366 e. The molecule has 0 spiro atoms. The highest BCUT2D eigenvalue weighted by molar-refractivity contribution is 5.79. The fourth-order valence-corrected chi connectivity index (χ4v) is 3.39. The van der Waals surface area contributed by atoms with Crippen LogP contribution in [0.25, 0.3) is 10.9 Å². The molecular weight excluding hydrogens is 366 g/mol. The SMILES string of the molecule is O=C(Cn1cnc2ccc(F)cc2c1=O)N1CCN(c2ccccc2F)CC1. The van der Waals surface area contributed by atoms with E-state index in [4.69, 9.17) is 0 Å². The molecule has 2 aromatic carbocycles. The minimum absolute atomic E-state index is 0.139. The van der Waals surface area contributed by atoms with Gasteiger partial charge in [-0.05, 0) is 30.3 Å². The number of anilines is 1. The van der Waals surface area contributed by atoms with Crippen LogP contribution in [0.15, 0.2) is 53.6 Å². The van der Waals surface area contributed by atoms with Crippen molar-refractivity contribution in [1.29, 1.82) is 0 Å². The number of hydrogen-bond acceptors (Lipinski definition) is 4. The maximum Gasteiger partial charge on any atom is 0.261 e. The van der Waals surface area contributed by atoms with E-state index in [1.807, 2.05) is 4.90 Å². The van der Waals surface area contributed by atoms with E-state index in [1.54, 1.807) is 23.1 Å². The van der Waals surface area contributed by atoms with E-state index in [1.165, 1.54) is 29.1 Å². The topological polar surface area (TPSA) is 58.4 Å². The van der Waals surface area contributed by atoms with Gasteiger partial charge in [0, 0.05) is 26.2 Å². The van der Waals surface area contributed by atoms with Gasteiger partial charge in [0.1, 0.15) is 18.2 Å². The van der Waals surface area contributed by atoms with Gasteiger partial charge in [-0.2, -0.15) is 0 Å². The molecular formula is C20H18F2N4O2. The first kappa shape index (κ1) is 18.1. The average Bonchev–Trinajstić information content (AvgIpc) is 2.71. The summed E-state index contributed by atoms with van der Waals surface area (Å²) in [5.41, 5.74) is 0.447. The van der Waals surface area contributed by atoms with Crippen molar-refractivity contribution < 1.29 is 13.6 Å². The number of carbonyl (C=O) groups excluding carboxylic acids is 1. The molecule has 1 saturated heterocycles. The second-order valence-corrected chi connectivity index (χ2v) is 6.66. The van der Waals surface area contributed by atoms with E-state index in [0.717, 1.165) is 6.07 Å². The van der Waals surface area contributed by atoms with Gasteiger partial charge in [-0.1, -0.05) is 12.1 Å². The summed E-state index contributed by atoms with van der Waals surface area (Å²) in [6.45, 7) is 1.69. The van der Waals surface area contributed by atoms with Crippen molar-refractivity contribution in [1.82, 2.24) is 14.5 Å². The third-order valence-corrected chi connectivity index (χ3v) is 4.92. The molecule has 6 nitrogen and oxygen atoms in total. The number of para-hydroxylation sites is 1. The van der Waals surface area contributed by atoms with Gasteiger partial charge >= 0.3 is 0 Å². The highest BCUT2D eigenvalue weighted by atomic mass is 19.1. The summed E-state index contributed by atoms with van der Waals surface area (Å²) >= 11 is 0. The molecule has 144 valence electrons. The lowest BCUT2D eigenvalue weighted by atomic mass is 10.2. The molecule has 0 N–H and O–H groups in total. The van der Waals surface area contributed by atoms with Gasteiger partial charge in [-0.25, -0.2) is 13.8 Å². The fraction of sp³-hybridized carbons (Fsp3) is 0.250. The quantitative estimate of drug-likeness (QED) is 0.693. The lowest BCUT2D eigenvalue weighted by molar-refractivity contribution is -0.132.